The van der Waals surface area contributed by atoms with E-state index in [1.54, 1.807) is 4.52 Å². The van der Waals surface area contributed by atoms with E-state index >= 15 is 0 Å². The van der Waals surface area contributed by atoms with Crippen molar-refractivity contribution in [2.75, 3.05) is 6.54 Å². The molecular weight excluding hydrogens is 335 g/mol. The van der Waals surface area contributed by atoms with Gasteiger partial charge in [-0.25, -0.2) is 9.50 Å². The number of halogens is 3. The van der Waals surface area contributed by atoms with Crippen LogP contribution in [0.2, 0.25) is 0 Å². The quantitative estimate of drug-likeness (QED) is 0.768. The fourth-order valence-electron chi connectivity index (χ4n) is 3.05. The molecule has 1 N–H and O–H groups in total. The minimum absolute atomic E-state index is 0.224. The topological polar surface area (TPSA) is 66.3 Å². The molecule has 0 spiro atoms. The predicted octanol–water partition coefficient (Wildman–Crippen LogP) is 1.99. The average Bonchev–Trinajstić information content (AvgIpc) is 2.96. The molecule has 4 heterocycles. The lowest BCUT2D eigenvalue weighted by Crippen LogP contribution is -2.36. The number of pyridine rings is 1. The number of nitrogens with zero attached hydrogens (tertiary/aromatic N) is 4. The van der Waals surface area contributed by atoms with Gasteiger partial charge < -0.3 is 4.98 Å². The summed E-state index contributed by atoms with van der Waals surface area (Å²) in [5.41, 5.74) is 1.59. The molecule has 25 heavy (non-hydrogen) atoms. The smallest absolute Gasteiger partial charge is 0.303 e. The first-order valence-electron chi connectivity index (χ1n) is 7.75. The molecule has 0 atom stereocenters. The summed E-state index contributed by atoms with van der Waals surface area (Å²) in [6.45, 7) is 1.29. The lowest BCUT2D eigenvalue weighted by molar-refractivity contribution is -0.145. The second kappa shape index (κ2) is 5.69. The molecule has 1 aliphatic rings. The van der Waals surface area contributed by atoms with Crippen LogP contribution in [0.25, 0.3) is 5.52 Å². The van der Waals surface area contributed by atoms with E-state index in [2.05, 4.69) is 10.1 Å². The number of fused-ring (bicyclic) bond motifs is 2. The van der Waals surface area contributed by atoms with Crippen molar-refractivity contribution in [2.45, 2.75) is 25.7 Å². The maximum Gasteiger partial charge on any atom is 0.449 e. The van der Waals surface area contributed by atoms with Gasteiger partial charge in [0.15, 0.2) is 0 Å². The highest BCUT2D eigenvalue weighted by Crippen LogP contribution is 2.26. The third kappa shape index (κ3) is 3.02. The third-order valence-electron chi connectivity index (χ3n) is 4.22. The monoisotopic (exact) mass is 349 g/mol. The second-order valence-electron chi connectivity index (χ2n) is 6.00. The lowest BCUT2D eigenvalue weighted by atomic mass is 10.1. The Morgan fingerprint density at radius 3 is 2.88 bits per heavy atom. The van der Waals surface area contributed by atoms with Crippen LogP contribution in [0.1, 0.15) is 22.8 Å². The van der Waals surface area contributed by atoms with Crippen LogP contribution >= 0.6 is 0 Å². The molecule has 130 valence electrons. The Kier molecular flexibility index (Phi) is 3.60. The molecule has 1 aliphatic heterocycles. The van der Waals surface area contributed by atoms with Crippen molar-refractivity contribution < 1.29 is 13.2 Å². The number of aromatic amines is 1. The minimum Gasteiger partial charge on any atom is -0.303 e. The van der Waals surface area contributed by atoms with E-state index in [9.17, 15) is 18.0 Å². The maximum absolute atomic E-state index is 12.7. The predicted molar refractivity (Wildman–Crippen MR) is 82.9 cm³/mol. The van der Waals surface area contributed by atoms with E-state index in [0.29, 0.717) is 25.1 Å². The molecule has 6 nitrogen and oxygen atoms in total. The van der Waals surface area contributed by atoms with Crippen LogP contribution in [-0.2, 0) is 25.7 Å². The van der Waals surface area contributed by atoms with Crippen molar-refractivity contribution in [3.05, 3.63) is 63.6 Å². The fraction of sp³-hybridized carbons (Fsp3) is 0.312. The van der Waals surface area contributed by atoms with E-state index in [1.165, 1.54) is 0 Å². The Morgan fingerprint density at radius 2 is 2.12 bits per heavy atom. The van der Waals surface area contributed by atoms with E-state index < -0.39 is 17.6 Å². The maximum atomic E-state index is 12.7. The Balaban J connectivity index is 1.57. The fourth-order valence-corrected chi connectivity index (χ4v) is 3.05. The molecule has 0 amide bonds. The summed E-state index contributed by atoms with van der Waals surface area (Å²) in [5.74, 6) is -1.23. The van der Waals surface area contributed by atoms with Crippen LogP contribution in [0, 0.1) is 0 Å². The van der Waals surface area contributed by atoms with Crippen LogP contribution in [0.4, 0.5) is 13.2 Å². The molecule has 0 fully saturated rings. The summed E-state index contributed by atoms with van der Waals surface area (Å²) in [7, 11) is 0. The van der Waals surface area contributed by atoms with Gasteiger partial charge in [-0.3, -0.25) is 9.69 Å². The molecule has 9 heteroatoms. The molecule has 0 saturated carbocycles. The van der Waals surface area contributed by atoms with Crippen LogP contribution in [-0.4, -0.2) is 31.0 Å². The summed E-state index contributed by atoms with van der Waals surface area (Å²) in [6, 6.07) is 7.69. The molecule has 3 aromatic heterocycles. The zero-order valence-electron chi connectivity index (χ0n) is 13.0. The summed E-state index contributed by atoms with van der Waals surface area (Å²) in [5, 5.41) is 4.46. The second-order valence-corrected chi connectivity index (χ2v) is 6.00. The average molecular weight is 349 g/mol. The molecule has 0 aliphatic carbocycles. The third-order valence-corrected chi connectivity index (χ3v) is 4.22. The van der Waals surface area contributed by atoms with Crippen molar-refractivity contribution in [3.8, 4) is 0 Å². The molecule has 0 saturated heterocycles. The van der Waals surface area contributed by atoms with Crippen molar-refractivity contribution in [3.63, 3.8) is 0 Å². The van der Waals surface area contributed by atoms with Crippen LogP contribution < -0.4 is 5.56 Å². The highest BCUT2D eigenvalue weighted by molar-refractivity contribution is 5.46. The number of hydrogen-bond acceptors (Lipinski definition) is 4. The van der Waals surface area contributed by atoms with Crippen molar-refractivity contribution in [2.24, 2.45) is 0 Å². The Labute approximate surface area is 139 Å². The molecular formula is C16H14F3N5O. The summed E-state index contributed by atoms with van der Waals surface area (Å²) < 4.78 is 40.0. The van der Waals surface area contributed by atoms with E-state index in [0.717, 1.165) is 11.2 Å². The highest BCUT2D eigenvalue weighted by Gasteiger charge is 2.35. The zero-order valence-corrected chi connectivity index (χ0v) is 13.0. The summed E-state index contributed by atoms with van der Waals surface area (Å²) in [6.07, 6.45) is -2.50. The normalized spacial score (nSPS) is 15.5. The van der Waals surface area contributed by atoms with Gasteiger partial charge in [-0.2, -0.15) is 18.3 Å². The van der Waals surface area contributed by atoms with Gasteiger partial charge >= 0.3 is 6.18 Å². The number of alkyl halides is 3. The molecule has 0 unspecified atom stereocenters. The van der Waals surface area contributed by atoms with Gasteiger partial charge in [0.2, 0.25) is 5.82 Å². The lowest BCUT2D eigenvalue weighted by Gasteiger charge is -2.27. The number of H-pyrrole nitrogens is 1. The minimum atomic E-state index is -4.65. The van der Waals surface area contributed by atoms with Gasteiger partial charge in [-0.05, 0) is 18.2 Å². The van der Waals surface area contributed by atoms with Crippen molar-refractivity contribution in [1.82, 2.24) is 24.5 Å². The molecule has 4 rings (SSSR count). The standard InChI is InChI=1S/C16H14F3N5O/c17-16(18,19)15-20-13-4-6-23(9-12(13)14(25)21-15)8-10-7-11-3-1-2-5-24(11)22-10/h1-3,5,7H,4,6,8-9H2,(H,20,21,25). The Morgan fingerprint density at radius 1 is 1.28 bits per heavy atom. The number of rotatable bonds is 2. The van der Waals surface area contributed by atoms with Crippen LogP contribution in [0.15, 0.2) is 35.3 Å². The Bertz CT molecular complexity index is 958. The Hall–Kier alpha value is -2.68. The van der Waals surface area contributed by atoms with Crippen LogP contribution in [0.3, 0.4) is 0 Å². The first-order chi connectivity index (χ1) is 11.9. The van der Waals surface area contributed by atoms with Gasteiger partial charge in [0.05, 0.1) is 22.5 Å². The first kappa shape index (κ1) is 15.8. The van der Waals surface area contributed by atoms with Gasteiger partial charge in [0, 0.05) is 32.3 Å². The van der Waals surface area contributed by atoms with Crippen molar-refractivity contribution >= 4 is 5.52 Å². The van der Waals surface area contributed by atoms with E-state index in [-0.39, 0.29) is 12.2 Å². The van der Waals surface area contributed by atoms with Crippen LogP contribution in [0.5, 0.6) is 0 Å². The summed E-state index contributed by atoms with van der Waals surface area (Å²) >= 11 is 0. The molecule has 3 aromatic rings. The number of hydrogen-bond donors (Lipinski definition) is 1. The molecule has 0 bridgehead atoms. The number of nitrogens with one attached hydrogen (secondary N) is 1. The van der Waals surface area contributed by atoms with Crippen molar-refractivity contribution in [1.29, 1.82) is 0 Å². The van der Waals surface area contributed by atoms with Gasteiger partial charge in [0.25, 0.3) is 5.56 Å². The van der Waals surface area contributed by atoms with E-state index in [1.807, 2.05) is 40.3 Å². The number of aromatic nitrogens is 4. The highest BCUT2D eigenvalue weighted by atomic mass is 19.4. The first-order valence-corrected chi connectivity index (χ1v) is 7.75. The summed E-state index contributed by atoms with van der Waals surface area (Å²) in [4.78, 5) is 19.4. The zero-order chi connectivity index (χ0) is 17.6. The van der Waals surface area contributed by atoms with Gasteiger partial charge in [0.1, 0.15) is 0 Å². The van der Waals surface area contributed by atoms with Gasteiger partial charge in [-0.15, -0.1) is 0 Å². The molecule has 0 radical (unpaired) electrons. The SMILES string of the molecule is O=c1[nH]c(C(F)(F)F)nc2c1CN(Cc1cc3ccccn3n1)CC2. The van der Waals surface area contributed by atoms with Gasteiger partial charge in [-0.1, -0.05) is 6.07 Å². The largest absolute Gasteiger partial charge is 0.449 e. The molecule has 0 aromatic carbocycles. The van der Waals surface area contributed by atoms with E-state index in [4.69, 9.17) is 0 Å².